The molecular weight excluding hydrogens is 224 g/mol. The topological polar surface area (TPSA) is 35.5 Å². The average Bonchev–Trinajstić information content (AvgIpc) is 2.73. The van der Waals surface area contributed by atoms with Crippen LogP contribution in [-0.4, -0.2) is 24.9 Å². The number of hydrogen-bond donors (Lipinski definition) is 0. The van der Waals surface area contributed by atoms with E-state index in [1.165, 1.54) is 4.90 Å². The Bertz CT molecular complexity index is 361. The molecule has 4 heteroatoms. The second kappa shape index (κ2) is 5.25. The largest absolute Gasteiger partial charge is 0.497 e. The lowest BCUT2D eigenvalue weighted by Crippen LogP contribution is -2.09. The van der Waals surface area contributed by atoms with Crippen LogP contribution in [0.5, 0.6) is 5.75 Å². The van der Waals surface area contributed by atoms with Crippen molar-refractivity contribution in [2.45, 2.75) is 23.8 Å². The maximum absolute atomic E-state index is 10.9. The zero-order chi connectivity index (χ0) is 11.4. The van der Waals surface area contributed by atoms with Crippen LogP contribution in [0, 0.1) is 0 Å². The van der Waals surface area contributed by atoms with Crippen LogP contribution in [0.15, 0.2) is 29.2 Å². The summed E-state index contributed by atoms with van der Waals surface area (Å²) in [4.78, 5) is 12.1. The number of benzene rings is 1. The number of ether oxygens (including phenoxy) is 2. The molecule has 1 atom stereocenters. The third-order valence-electron chi connectivity index (χ3n) is 2.46. The molecule has 86 valence electrons. The molecule has 0 amide bonds. The van der Waals surface area contributed by atoms with Gasteiger partial charge in [0.1, 0.15) is 11.9 Å². The van der Waals surface area contributed by atoms with Gasteiger partial charge in [0.05, 0.1) is 7.11 Å². The highest BCUT2D eigenvalue weighted by Gasteiger charge is 2.22. The van der Waals surface area contributed by atoms with Crippen molar-refractivity contribution in [3.8, 4) is 5.75 Å². The van der Waals surface area contributed by atoms with Crippen molar-refractivity contribution in [3.05, 3.63) is 24.3 Å². The molecule has 3 nitrogen and oxygen atoms in total. The first-order chi connectivity index (χ1) is 7.78. The van der Waals surface area contributed by atoms with Gasteiger partial charge in [0.2, 0.25) is 0 Å². The number of carbonyl (C=O) groups excluding carboxylic acids is 1. The third-order valence-corrected chi connectivity index (χ3v) is 3.61. The zero-order valence-corrected chi connectivity index (χ0v) is 9.96. The van der Waals surface area contributed by atoms with Gasteiger partial charge in [0, 0.05) is 17.1 Å². The van der Waals surface area contributed by atoms with Crippen LogP contribution in [0.25, 0.3) is 0 Å². The molecule has 1 unspecified atom stereocenters. The lowest BCUT2D eigenvalue weighted by atomic mass is 10.3. The normalized spacial score (nSPS) is 19.6. The van der Waals surface area contributed by atoms with Gasteiger partial charge in [-0.15, -0.1) is 11.8 Å². The van der Waals surface area contributed by atoms with E-state index >= 15 is 0 Å². The first kappa shape index (κ1) is 11.3. The Labute approximate surface area is 99.1 Å². The van der Waals surface area contributed by atoms with Crippen molar-refractivity contribution in [1.29, 1.82) is 0 Å². The monoisotopic (exact) mass is 238 g/mol. The summed E-state index contributed by atoms with van der Waals surface area (Å²) in [5.41, 5.74) is 0. The number of methoxy groups -OCH3 is 1. The Kier molecular flexibility index (Phi) is 3.72. The first-order valence-corrected chi connectivity index (χ1v) is 6.23. The molecule has 1 heterocycles. The summed E-state index contributed by atoms with van der Waals surface area (Å²) in [7, 11) is 1.65. The number of hydrogen-bond acceptors (Lipinski definition) is 4. The molecule has 0 N–H and O–H groups in total. The van der Waals surface area contributed by atoms with E-state index in [-0.39, 0.29) is 12.1 Å². The molecule has 1 aliphatic rings. The lowest BCUT2D eigenvalue weighted by Gasteiger charge is -2.08. The van der Waals surface area contributed by atoms with Crippen molar-refractivity contribution >= 4 is 17.7 Å². The molecule has 0 radical (unpaired) electrons. The highest BCUT2D eigenvalue weighted by Crippen LogP contribution is 2.25. The summed E-state index contributed by atoms with van der Waals surface area (Å²) in [6, 6.07) is 7.90. The molecule has 2 rings (SSSR count). The van der Waals surface area contributed by atoms with Crippen molar-refractivity contribution < 1.29 is 14.3 Å². The van der Waals surface area contributed by atoms with E-state index in [4.69, 9.17) is 9.47 Å². The van der Waals surface area contributed by atoms with E-state index in [0.29, 0.717) is 6.42 Å². The molecule has 0 saturated carbocycles. The molecule has 1 aromatic rings. The highest BCUT2D eigenvalue weighted by atomic mass is 32.2. The van der Waals surface area contributed by atoms with E-state index in [0.717, 1.165) is 17.9 Å². The maximum Gasteiger partial charge on any atom is 0.306 e. The average molecular weight is 238 g/mol. The summed E-state index contributed by atoms with van der Waals surface area (Å²) >= 11 is 1.71. The van der Waals surface area contributed by atoms with Crippen molar-refractivity contribution in [2.75, 3.05) is 12.9 Å². The van der Waals surface area contributed by atoms with Gasteiger partial charge in [-0.25, -0.2) is 0 Å². The van der Waals surface area contributed by atoms with Gasteiger partial charge >= 0.3 is 5.97 Å². The number of esters is 1. The first-order valence-electron chi connectivity index (χ1n) is 5.24. The lowest BCUT2D eigenvalue weighted by molar-refractivity contribution is -0.140. The van der Waals surface area contributed by atoms with Crippen LogP contribution in [0.4, 0.5) is 0 Å². The minimum absolute atomic E-state index is 0.0691. The van der Waals surface area contributed by atoms with Gasteiger partial charge in [-0.2, -0.15) is 0 Å². The number of thioether (sulfide) groups is 1. The van der Waals surface area contributed by atoms with Crippen molar-refractivity contribution in [1.82, 2.24) is 0 Å². The SMILES string of the molecule is COc1ccc(SCC2CCC(=O)O2)cc1. The van der Waals surface area contributed by atoms with Crippen LogP contribution in [0.2, 0.25) is 0 Å². The standard InChI is InChI=1S/C12H14O3S/c1-14-9-2-5-11(6-3-9)16-8-10-4-7-12(13)15-10/h2-3,5-6,10H,4,7-8H2,1H3. The molecule has 1 saturated heterocycles. The Hall–Kier alpha value is -1.16. The van der Waals surface area contributed by atoms with E-state index < -0.39 is 0 Å². The summed E-state index contributed by atoms with van der Waals surface area (Å²) in [6.45, 7) is 0. The molecule has 0 aliphatic carbocycles. The predicted molar refractivity (Wildman–Crippen MR) is 62.8 cm³/mol. The molecular formula is C12H14O3S. The molecule has 16 heavy (non-hydrogen) atoms. The van der Waals surface area contributed by atoms with Crippen LogP contribution >= 0.6 is 11.8 Å². The van der Waals surface area contributed by atoms with Gasteiger partial charge in [0.25, 0.3) is 0 Å². The fourth-order valence-corrected chi connectivity index (χ4v) is 2.50. The van der Waals surface area contributed by atoms with Gasteiger partial charge in [0.15, 0.2) is 0 Å². The summed E-state index contributed by atoms with van der Waals surface area (Å²) in [5.74, 6) is 1.62. The third kappa shape index (κ3) is 2.92. The van der Waals surface area contributed by atoms with E-state index in [1.54, 1.807) is 18.9 Å². The molecule has 0 spiro atoms. The zero-order valence-electron chi connectivity index (χ0n) is 9.14. The summed E-state index contributed by atoms with van der Waals surface area (Å²) in [5, 5.41) is 0. The summed E-state index contributed by atoms with van der Waals surface area (Å²) in [6.07, 6.45) is 1.50. The van der Waals surface area contributed by atoms with Gasteiger partial charge < -0.3 is 9.47 Å². The number of carbonyl (C=O) groups is 1. The van der Waals surface area contributed by atoms with Crippen LogP contribution in [0.1, 0.15) is 12.8 Å². The van der Waals surface area contributed by atoms with Crippen LogP contribution in [0.3, 0.4) is 0 Å². The Balaban J connectivity index is 1.82. The second-order valence-electron chi connectivity index (χ2n) is 3.64. The maximum atomic E-state index is 10.9. The molecule has 0 aromatic heterocycles. The van der Waals surface area contributed by atoms with Gasteiger partial charge in [-0.1, -0.05) is 0 Å². The second-order valence-corrected chi connectivity index (χ2v) is 4.73. The molecule has 0 bridgehead atoms. The molecule has 1 fully saturated rings. The molecule has 1 aliphatic heterocycles. The van der Waals surface area contributed by atoms with Crippen molar-refractivity contribution in [2.24, 2.45) is 0 Å². The Morgan fingerprint density at radius 3 is 2.75 bits per heavy atom. The van der Waals surface area contributed by atoms with E-state index in [1.807, 2.05) is 24.3 Å². The smallest absolute Gasteiger partial charge is 0.306 e. The highest BCUT2D eigenvalue weighted by molar-refractivity contribution is 7.99. The number of cyclic esters (lactones) is 1. The molecule has 1 aromatic carbocycles. The van der Waals surface area contributed by atoms with Crippen molar-refractivity contribution in [3.63, 3.8) is 0 Å². The predicted octanol–water partition coefficient (Wildman–Crippen LogP) is 2.49. The minimum Gasteiger partial charge on any atom is -0.497 e. The quantitative estimate of drug-likeness (QED) is 0.596. The fraction of sp³-hybridized carbons (Fsp3) is 0.417. The number of rotatable bonds is 4. The Morgan fingerprint density at radius 2 is 2.19 bits per heavy atom. The fourth-order valence-electron chi connectivity index (χ4n) is 1.56. The van der Waals surface area contributed by atoms with Crippen LogP contribution in [-0.2, 0) is 9.53 Å². The summed E-state index contributed by atoms with van der Waals surface area (Å²) < 4.78 is 10.2. The van der Waals surface area contributed by atoms with E-state index in [2.05, 4.69) is 0 Å². The van der Waals surface area contributed by atoms with Gasteiger partial charge in [-0.3, -0.25) is 4.79 Å². The Morgan fingerprint density at radius 1 is 1.44 bits per heavy atom. The van der Waals surface area contributed by atoms with E-state index in [9.17, 15) is 4.79 Å². The minimum atomic E-state index is -0.0691. The van der Waals surface area contributed by atoms with Crippen LogP contribution < -0.4 is 4.74 Å². The van der Waals surface area contributed by atoms with Gasteiger partial charge in [-0.05, 0) is 30.7 Å².